The van der Waals surface area contributed by atoms with Crippen LogP contribution in [0.3, 0.4) is 0 Å². The molecule has 0 bridgehead atoms. The molecule has 0 spiro atoms. The number of fused-ring (bicyclic) bond motifs is 9. The summed E-state index contributed by atoms with van der Waals surface area (Å²) in [5.41, 5.74) is 15.2. The van der Waals surface area contributed by atoms with Crippen molar-refractivity contribution in [2.45, 2.75) is 0 Å². The Balaban J connectivity index is 0.942. The summed E-state index contributed by atoms with van der Waals surface area (Å²) in [6.45, 7) is 0. The zero-order valence-corrected chi connectivity index (χ0v) is 33.9. The van der Waals surface area contributed by atoms with Crippen LogP contribution in [-0.4, -0.2) is 9.13 Å². The third-order valence-electron chi connectivity index (χ3n) is 12.6. The summed E-state index contributed by atoms with van der Waals surface area (Å²) < 4.78 is 53.4. The second kappa shape index (κ2) is 14.1. The van der Waals surface area contributed by atoms with Crippen LogP contribution in [0, 0.1) is 0 Å². The number of aromatic nitrogens is 2. The van der Waals surface area contributed by atoms with Crippen molar-refractivity contribution in [1.29, 1.82) is 0 Å². The highest BCUT2D eigenvalue weighted by Crippen LogP contribution is 2.42. The van der Waals surface area contributed by atoms with Gasteiger partial charge in [0.15, 0.2) is 0 Å². The Morgan fingerprint density at radius 2 is 0.873 bits per heavy atom. The fourth-order valence-electron chi connectivity index (χ4n) is 9.74. The van der Waals surface area contributed by atoms with E-state index >= 15 is 0 Å². The molecule has 10 aromatic carbocycles. The lowest BCUT2D eigenvalue weighted by Gasteiger charge is -2.14. The molecule has 0 radical (unpaired) electrons. The lowest BCUT2D eigenvalue weighted by atomic mass is 9.98. The van der Waals surface area contributed by atoms with E-state index in [0.717, 1.165) is 71.9 Å². The predicted octanol–water partition coefficient (Wildman–Crippen LogP) is 16.4. The number of benzene rings is 10. The summed E-state index contributed by atoms with van der Waals surface area (Å²) >= 11 is 0. The highest BCUT2D eigenvalue weighted by Gasteiger charge is 2.19. The Morgan fingerprint density at radius 1 is 0.317 bits per heavy atom. The molecule has 0 saturated heterocycles. The molecule has 294 valence electrons. The van der Waals surface area contributed by atoms with Gasteiger partial charge in [-0.2, -0.15) is 0 Å². The maximum absolute atomic E-state index is 8.72. The molecular formula is C60H38N2O. The van der Waals surface area contributed by atoms with Crippen molar-refractivity contribution in [2.24, 2.45) is 0 Å². The minimum Gasteiger partial charge on any atom is -0.456 e. The summed E-state index contributed by atoms with van der Waals surface area (Å²) in [6.07, 6.45) is 0. The van der Waals surface area contributed by atoms with Gasteiger partial charge in [0, 0.05) is 49.8 Å². The molecule has 63 heavy (non-hydrogen) atoms. The van der Waals surface area contributed by atoms with Gasteiger partial charge in [-0.15, -0.1) is 0 Å². The predicted molar refractivity (Wildman–Crippen MR) is 264 cm³/mol. The van der Waals surface area contributed by atoms with Gasteiger partial charge in [-0.1, -0.05) is 152 Å². The van der Waals surface area contributed by atoms with Gasteiger partial charge < -0.3 is 13.6 Å². The zero-order chi connectivity index (χ0) is 45.8. The van der Waals surface area contributed by atoms with E-state index in [4.69, 9.17) is 11.3 Å². The van der Waals surface area contributed by atoms with Crippen molar-refractivity contribution < 1.29 is 11.3 Å². The van der Waals surface area contributed by atoms with Crippen LogP contribution in [0.2, 0.25) is 0 Å². The van der Waals surface area contributed by atoms with Crippen LogP contribution in [0.1, 0.15) is 6.85 Å². The first kappa shape index (κ1) is 30.6. The van der Waals surface area contributed by atoms with Crippen LogP contribution in [0.4, 0.5) is 0 Å². The first-order chi connectivity index (χ1) is 33.3. The Morgan fingerprint density at radius 3 is 1.49 bits per heavy atom. The van der Waals surface area contributed by atoms with E-state index < -0.39 is 6.04 Å². The summed E-state index contributed by atoms with van der Waals surface area (Å²) in [6, 6.07) is 68.7. The number of para-hydroxylation sites is 2. The number of rotatable bonds is 6. The summed E-state index contributed by atoms with van der Waals surface area (Å²) in [7, 11) is 0. The molecule has 0 amide bonds. The average molecular weight is 808 g/mol. The Bertz CT molecular complexity index is 4120. The van der Waals surface area contributed by atoms with E-state index in [1.165, 1.54) is 21.9 Å². The minimum atomic E-state index is -0.417. The van der Waals surface area contributed by atoms with Gasteiger partial charge in [0.1, 0.15) is 11.2 Å². The van der Waals surface area contributed by atoms with E-state index in [0.29, 0.717) is 22.1 Å². The summed E-state index contributed by atoms with van der Waals surface area (Å²) in [5, 5.41) is 6.13. The zero-order valence-electron chi connectivity index (χ0n) is 38.9. The first-order valence-electron chi connectivity index (χ1n) is 23.7. The van der Waals surface area contributed by atoms with Crippen LogP contribution in [0.25, 0.3) is 121 Å². The van der Waals surface area contributed by atoms with Crippen LogP contribution in [0.15, 0.2) is 235 Å². The number of hydrogen-bond acceptors (Lipinski definition) is 1. The summed E-state index contributed by atoms with van der Waals surface area (Å²) in [5.74, 6) is 0. The fraction of sp³-hybridized carbons (Fsp3) is 0. The van der Waals surface area contributed by atoms with Crippen molar-refractivity contribution in [3.8, 4) is 55.9 Å². The van der Waals surface area contributed by atoms with E-state index in [-0.39, 0.29) is 29.7 Å². The van der Waals surface area contributed by atoms with Gasteiger partial charge in [0.2, 0.25) is 0 Å². The first-order valence-corrected chi connectivity index (χ1v) is 21.2. The van der Waals surface area contributed by atoms with E-state index in [1.54, 1.807) is 12.1 Å². The van der Waals surface area contributed by atoms with Gasteiger partial charge in [-0.3, -0.25) is 0 Å². The molecule has 13 rings (SSSR count). The van der Waals surface area contributed by atoms with Crippen molar-refractivity contribution in [1.82, 2.24) is 9.13 Å². The molecule has 3 aromatic heterocycles. The van der Waals surface area contributed by atoms with E-state index in [9.17, 15) is 0 Å². The number of furan rings is 1. The van der Waals surface area contributed by atoms with Gasteiger partial charge in [0.25, 0.3) is 0 Å². The normalized spacial score (nSPS) is 12.9. The van der Waals surface area contributed by atoms with Crippen molar-refractivity contribution in [3.63, 3.8) is 0 Å². The maximum atomic E-state index is 8.72. The standard InChI is InChI=1S/C60H38N2O/c1-4-15-39(16-5-1)44-33-45(40-17-6-2-7-18-40)35-47(34-44)62-55-25-13-11-22-50(55)53-37-43(28-32-57(53)62)42-27-31-56-52(36-42)49-21-10-12-24-54(49)61(56)46-29-30-51-59(38-46)63-58-26-14-23-48(60(51)58)41-19-8-3-9-20-41/h1-38H/i3D,8D,9D,19D,20D. The monoisotopic (exact) mass is 807 g/mol. The lowest BCUT2D eigenvalue weighted by molar-refractivity contribution is 0.668. The van der Waals surface area contributed by atoms with Crippen LogP contribution in [-0.2, 0) is 0 Å². The molecule has 0 atom stereocenters. The van der Waals surface area contributed by atoms with Crippen LogP contribution >= 0.6 is 0 Å². The molecule has 0 unspecified atom stereocenters. The highest BCUT2D eigenvalue weighted by molar-refractivity contribution is 6.15. The van der Waals surface area contributed by atoms with Crippen LogP contribution < -0.4 is 0 Å². The van der Waals surface area contributed by atoms with Gasteiger partial charge in [0.05, 0.1) is 28.9 Å². The van der Waals surface area contributed by atoms with Crippen molar-refractivity contribution in [3.05, 3.63) is 230 Å². The molecule has 3 nitrogen and oxygen atoms in total. The largest absolute Gasteiger partial charge is 0.456 e. The third-order valence-corrected chi connectivity index (χ3v) is 12.6. The summed E-state index contributed by atoms with van der Waals surface area (Å²) in [4.78, 5) is 0. The molecule has 0 fully saturated rings. The molecule has 0 N–H and O–H groups in total. The fourth-order valence-corrected chi connectivity index (χ4v) is 9.74. The Kier molecular flexibility index (Phi) is 6.84. The van der Waals surface area contributed by atoms with Gasteiger partial charge >= 0.3 is 0 Å². The molecule has 0 aliphatic rings. The van der Waals surface area contributed by atoms with Gasteiger partial charge in [-0.05, 0) is 117 Å². The Labute approximate surface area is 371 Å². The molecule has 3 heteroatoms. The molecule has 3 heterocycles. The van der Waals surface area contributed by atoms with E-state index in [1.807, 2.05) is 18.2 Å². The quantitative estimate of drug-likeness (QED) is 0.164. The SMILES string of the molecule is [2H]c1c([2H])c([2H])c(-c2cccc3oc4cc(-n5c6ccccc6c6cc(-c7ccc8c(c7)c7ccccc7n8-c7cc(-c8ccccc8)cc(-c8ccccc8)c7)ccc65)ccc4c23)c([2H])c1[2H]. The molecule has 0 aliphatic carbocycles. The number of nitrogens with zero attached hydrogens (tertiary/aromatic N) is 2. The topological polar surface area (TPSA) is 23.0 Å². The second-order valence-corrected chi connectivity index (χ2v) is 16.1. The smallest absolute Gasteiger partial charge is 0.137 e. The third kappa shape index (κ3) is 5.67. The Hall–Kier alpha value is -8.40. The molecule has 13 aromatic rings. The number of hydrogen-bond donors (Lipinski definition) is 0. The van der Waals surface area contributed by atoms with E-state index in [2.05, 4.69) is 179 Å². The average Bonchev–Trinajstić information content (AvgIpc) is 4.05. The van der Waals surface area contributed by atoms with Crippen molar-refractivity contribution in [2.75, 3.05) is 0 Å². The van der Waals surface area contributed by atoms with Crippen molar-refractivity contribution >= 4 is 65.6 Å². The molecular weight excluding hydrogens is 765 g/mol. The minimum absolute atomic E-state index is 0.155. The van der Waals surface area contributed by atoms with Crippen LogP contribution in [0.5, 0.6) is 0 Å². The maximum Gasteiger partial charge on any atom is 0.137 e. The molecule has 0 saturated carbocycles. The second-order valence-electron chi connectivity index (χ2n) is 16.1. The lowest BCUT2D eigenvalue weighted by Crippen LogP contribution is -1.96. The molecule has 0 aliphatic heterocycles. The van der Waals surface area contributed by atoms with Gasteiger partial charge in [-0.25, -0.2) is 0 Å². The highest BCUT2D eigenvalue weighted by atomic mass is 16.3.